The second-order valence-electron chi connectivity index (χ2n) is 4.66. The third-order valence-electron chi connectivity index (χ3n) is 3.26. The van der Waals surface area contributed by atoms with E-state index in [2.05, 4.69) is 22.1 Å². The van der Waals surface area contributed by atoms with Gasteiger partial charge in [0.05, 0.1) is 18.4 Å². The molecule has 2 rings (SSSR count). The summed E-state index contributed by atoms with van der Waals surface area (Å²) in [7, 11) is 0. The van der Waals surface area contributed by atoms with Gasteiger partial charge in [0.25, 0.3) is 0 Å². The van der Waals surface area contributed by atoms with Gasteiger partial charge in [-0.3, -0.25) is 9.69 Å². The second kappa shape index (κ2) is 6.98. The Morgan fingerprint density at radius 3 is 3.30 bits per heavy atom. The van der Waals surface area contributed by atoms with Gasteiger partial charge in [-0.25, -0.2) is 4.98 Å². The summed E-state index contributed by atoms with van der Waals surface area (Å²) >= 11 is 1.36. The number of thiazole rings is 1. The van der Waals surface area contributed by atoms with Gasteiger partial charge in [-0.1, -0.05) is 6.92 Å². The highest BCUT2D eigenvalue weighted by molar-refractivity contribution is 7.13. The minimum atomic E-state index is -1.07. The van der Waals surface area contributed by atoms with Gasteiger partial charge in [-0.15, -0.1) is 11.3 Å². The van der Waals surface area contributed by atoms with Crippen molar-refractivity contribution in [2.75, 3.05) is 38.1 Å². The van der Waals surface area contributed by atoms with E-state index in [9.17, 15) is 4.79 Å². The van der Waals surface area contributed by atoms with Crippen LogP contribution in [-0.2, 0) is 9.53 Å². The molecule has 0 aliphatic carbocycles. The van der Waals surface area contributed by atoms with Gasteiger partial charge in [0.2, 0.25) is 0 Å². The fourth-order valence-electron chi connectivity index (χ4n) is 2.03. The summed E-state index contributed by atoms with van der Waals surface area (Å²) in [5.74, 6) is -1.07. The Hall–Kier alpha value is -1.22. The number of nitrogens with zero attached hydrogens (tertiary/aromatic N) is 2. The Balaban J connectivity index is 1.83. The molecular formula is C12H20N4O3S. The molecule has 20 heavy (non-hydrogen) atoms. The molecule has 1 aliphatic rings. The predicted molar refractivity (Wildman–Crippen MR) is 77.0 cm³/mol. The first-order valence-electron chi connectivity index (χ1n) is 6.61. The SMILES string of the molecule is CCN1CCOC(CNc2nc(C(N)C(=O)O)cs2)C1. The standard InChI is InChI=1S/C12H20N4O3S/c1-2-16-3-4-19-8(6-16)5-14-12-15-9(7-20-12)10(13)11(17)18/h7-8,10H,2-6,13H2,1H3,(H,14,15)(H,17,18). The fraction of sp³-hybridized carbons (Fsp3) is 0.667. The molecule has 0 bridgehead atoms. The topological polar surface area (TPSA) is 101 Å². The predicted octanol–water partition coefficient (Wildman–Crippen LogP) is 0.360. The van der Waals surface area contributed by atoms with Crippen molar-refractivity contribution in [3.63, 3.8) is 0 Å². The Bertz CT molecular complexity index is 454. The molecule has 7 nitrogen and oxygen atoms in total. The van der Waals surface area contributed by atoms with Crippen LogP contribution in [0.4, 0.5) is 5.13 Å². The number of nitrogens with one attached hydrogen (secondary N) is 1. The highest BCUT2D eigenvalue weighted by atomic mass is 32.1. The maximum atomic E-state index is 10.8. The Labute approximate surface area is 121 Å². The third kappa shape index (κ3) is 3.89. The highest BCUT2D eigenvalue weighted by Crippen LogP contribution is 2.20. The highest BCUT2D eigenvalue weighted by Gasteiger charge is 2.20. The van der Waals surface area contributed by atoms with Gasteiger partial charge in [0.15, 0.2) is 5.13 Å². The number of likely N-dealkylation sites (N-methyl/N-ethyl adjacent to an activating group) is 1. The van der Waals surface area contributed by atoms with Crippen LogP contribution in [-0.4, -0.2) is 59.8 Å². The number of aliphatic carboxylic acids is 1. The van der Waals surface area contributed by atoms with Gasteiger partial charge in [0.1, 0.15) is 6.04 Å². The molecule has 1 saturated heterocycles. The van der Waals surface area contributed by atoms with E-state index in [0.717, 1.165) is 26.2 Å². The lowest BCUT2D eigenvalue weighted by atomic mass is 10.2. The van der Waals surface area contributed by atoms with E-state index in [1.807, 2.05) is 0 Å². The Morgan fingerprint density at radius 2 is 2.60 bits per heavy atom. The zero-order chi connectivity index (χ0) is 14.5. The second-order valence-corrected chi connectivity index (χ2v) is 5.52. The fourth-order valence-corrected chi connectivity index (χ4v) is 2.79. The molecule has 112 valence electrons. The quantitative estimate of drug-likeness (QED) is 0.697. The van der Waals surface area contributed by atoms with Gasteiger partial charge in [-0.2, -0.15) is 0 Å². The van der Waals surface area contributed by atoms with Crippen LogP contribution >= 0.6 is 11.3 Å². The summed E-state index contributed by atoms with van der Waals surface area (Å²) in [4.78, 5) is 17.3. The molecule has 1 fully saturated rings. The summed E-state index contributed by atoms with van der Waals surface area (Å²) in [6.07, 6.45) is 0.129. The number of carboxylic acid groups (broad SMARTS) is 1. The lowest BCUT2D eigenvalue weighted by Gasteiger charge is -2.32. The molecule has 4 N–H and O–H groups in total. The van der Waals surface area contributed by atoms with E-state index in [1.165, 1.54) is 11.3 Å². The van der Waals surface area contributed by atoms with Crippen LogP contribution in [0.2, 0.25) is 0 Å². The Morgan fingerprint density at radius 1 is 1.80 bits per heavy atom. The first-order valence-corrected chi connectivity index (χ1v) is 7.49. The minimum absolute atomic E-state index is 0.129. The van der Waals surface area contributed by atoms with Crippen molar-refractivity contribution in [1.82, 2.24) is 9.88 Å². The first kappa shape index (κ1) is 15.2. The maximum Gasteiger partial charge on any atom is 0.326 e. The lowest BCUT2D eigenvalue weighted by Crippen LogP contribution is -2.45. The van der Waals surface area contributed by atoms with Gasteiger partial charge < -0.3 is 20.9 Å². The molecule has 0 aromatic carbocycles. The molecule has 0 saturated carbocycles. The van der Waals surface area contributed by atoms with Crippen LogP contribution in [0.15, 0.2) is 5.38 Å². The van der Waals surface area contributed by atoms with E-state index in [1.54, 1.807) is 5.38 Å². The van der Waals surface area contributed by atoms with E-state index in [4.69, 9.17) is 15.6 Å². The summed E-state index contributed by atoms with van der Waals surface area (Å²) in [6, 6.07) is -1.07. The molecular weight excluding hydrogens is 280 g/mol. The van der Waals surface area contributed by atoms with Crippen LogP contribution in [0.1, 0.15) is 18.7 Å². The molecule has 8 heteroatoms. The monoisotopic (exact) mass is 300 g/mol. The number of carboxylic acids is 1. The third-order valence-corrected chi connectivity index (χ3v) is 4.08. The largest absolute Gasteiger partial charge is 0.480 e. The minimum Gasteiger partial charge on any atom is -0.480 e. The lowest BCUT2D eigenvalue weighted by molar-refractivity contribution is -0.138. The van der Waals surface area contributed by atoms with Crippen molar-refractivity contribution in [2.24, 2.45) is 5.73 Å². The number of carbonyl (C=O) groups is 1. The number of nitrogens with two attached hydrogens (primary N) is 1. The zero-order valence-electron chi connectivity index (χ0n) is 11.4. The van der Waals surface area contributed by atoms with Crippen molar-refractivity contribution in [3.8, 4) is 0 Å². The first-order chi connectivity index (χ1) is 9.60. The van der Waals surface area contributed by atoms with E-state index < -0.39 is 12.0 Å². The van der Waals surface area contributed by atoms with Crippen molar-refractivity contribution >= 4 is 22.4 Å². The molecule has 0 spiro atoms. The van der Waals surface area contributed by atoms with E-state index in [0.29, 0.717) is 17.4 Å². The molecule has 0 amide bonds. The van der Waals surface area contributed by atoms with E-state index >= 15 is 0 Å². The molecule has 2 unspecified atom stereocenters. The van der Waals surface area contributed by atoms with Crippen molar-refractivity contribution in [2.45, 2.75) is 19.1 Å². The molecule has 0 radical (unpaired) electrons. The maximum absolute atomic E-state index is 10.8. The van der Waals surface area contributed by atoms with Crippen LogP contribution < -0.4 is 11.1 Å². The van der Waals surface area contributed by atoms with Crippen LogP contribution in [0.5, 0.6) is 0 Å². The molecule has 1 aliphatic heterocycles. The molecule has 1 aromatic rings. The number of anilines is 1. The van der Waals surface area contributed by atoms with Crippen LogP contribution in [0.25, 0.3) is 0 Å². The van der Waals surface area contributed by atoms with E-state index in [-0.39, 0.29) is 6.10 Å². The van der Waals surface area contributed by atoms with Crippen molar-refractivity contribution in [1.29, 1.82) is 0 Å². The summed E-state index contributed by atoms with van der Waals surface area (Å²) in [5.41, 5.74) is 5.89. The van der Waals surface area contributed by atoms with Gasteiger partial charge >= 0.3 is 5.97 Å². The number of rotatable bonds is 6. The van der Waals surface area contributed by atoms with Crippen LogP contribution in [0.3, 0.4) is 0 Å². The average molecular weight is 300 g/mol. The zero-order valence-corrected chi connectivity index (χ0v) is 12.2. The van der Waals surface area contributed by atoms with Crippen molar-refractivity contribution < 1.29 is 14.6 Å². The molecule has 2 heterocycles. The number of aromatic nitrogens is 1. The number of hydrogen-bond acceptors (Lipinski definition) is 7. The molecule has 2 atom stereocenters. The summed E-state index contributed by atoms with van der Waals surface area (Å²) < 4.78 is 5.68. The number of hydrogen-bond donors (Lipinski definition) is 3. The number of morpholine rings is 1. The van der Waals surface area contributed by atoms with Gasteiger partial charge in [-0.05, 0) is 6.54 Å². The van der Waals surface area contributed by atoms with Crippen LogP contribution in [0, 0.1) is 0 Å². The molecule has 1 aromatic heterocycles. The smallest absolute Gasteiger partial charge is 0.326 e. The Kier molecular flexibility index (Phi) is 5.30. The average Bonchev–Trinajstić information content (AvgIpc) is 2.93. The summed E-state index contributed by atoms with van der Waals surface area (Å²) in [5, 5.41) is 14.4. The normalized spacial score (nSPS) is 21.6. The summed E-state index contributed by atoms with van der Waals surface area (Å²) in [6.45, 7) is 6.43. The van der Waals surface area contributed by atoms with Crippen molar-refractivity contribution in [3.05, 3.63) is 11.1 Å². The number of ether oxygens (including phenoxy) is 1. The van der Waals surface area contributed by atoms with Gasteiger partial charge in [0, 0.05) is 25.0 Å².